The maximum absolute atomic E-state index is 12.2. The molecule has 0 unspecified atom stereocenters. The first-order chi connectivity index (χ1) is 22.2. The van der Waals surface area contributed by atoms with Crippen molar-refractivity contribution >= 4 is 65.9 Å². The van der Waals surface area contributed by atoms with Crippen LogP contribution in [0.3, 0.4) is 0 Å². The summed E-state index contributed by atoms with van der Waals surface area (Å²) in [6.07, 6.45) is 3.57. The number of hydrogen-bond acceptors (Lipinski definition) is 13. The number of carbonyl (C=O) groups is 2. The number of pyridine rings is 2. The van der Waals surface area contributed by atoms with E-state index in [2.05, 4.69) is 54.7 Å². The smallest absolute Gasteiger partial charge is 0.359 e. The van der Waals surface area contributed by atoms with Crippen LogP contribution in [0.4, 0.5) is 11.4 Å². The van der Waals surface area contributed by atoms with Crippen molar-refractivity contribution in [2.45, 2.75) is 39.8 Å². The normalized spacial score (nSPS) is 14.9. The van der Waals surface area contributed by atoms with E-state index in [1.165, 1.54) is 14.2 Å². The standard InChI is InChI=1S/C18H28N4O4Si.C12H14N4O3.CH4.ClH/c1-24-18(23)16-15-11-14(21-5-7-25-8-6-21)12-19-17(15)22(20-16)13-26-9-10-27(2,3)4;1-18-12(17)10-9-6-8(7-13-11(9)15-14-10)16-2-4-19-5-3-16;;/h11-12H,5-10,13H2,1-4H3;6-7H,2-5H2,1H3,(H,13,14,15);1H4;1H. The van der Waals surface area contributed by atoms with Crippen molar-refractivity contribution in [3.05, 3.63) is 35.9 Å². The Morgan fingerprint density at radius 3 is 2.00 bits per heavy atom. The fraction of sp³-hybridized carbons (Fsp3) is 0.548. The third-order valence-corrected chi connectivity index (χ3v) is 9.40. The maximum Gasteiger partial charge on any atom is 0.359 e. The van der Waals surface area contributed by atoms with Crippen molar-refractivity contribution in [3.8, 4) is 0 Å². The van der Waals surface area contributed by atoms with E-state index in [-0.39, 0.29) is 32.3 Å². The van der Waals surface area contributed by atoms with E-state index in [4.69, 9.17) is 23.7 Å². The second-order valence-corrected chi connectivity index (χ2v) is 17.7. The average Bonchev–Trinajstić information content (AvgIpc) is 3.67. The quantitative estimate of drug-likeness (QED) is 0.151. The highest BCUT2D eigenvalue weighted by Crippen LogP contribution is 2.25. The summed E-state index contributed by atoms with van der Waals surface area (Å²) < 4.78 is 27.8. The summed E-state index contributed by atoms with van der Waals surface area (Å²) >= 11 is 0. The predicted octanol–water partition coefficient (Wildman–Crippen LogP) is 4.01. The number of aromatic amines is 1. The van der Waals surface area contributed by atoms with Gasteiger partial charge in [-0.3, -0.25) is 5.10 Å². The molecule has 0 radical (unpaired) electrons. The van der Waals surface area contributed by atoms with E-state index < -0.39 is 20.0 Å². The highest BCUT2D eigenvalue weighted by molar-refractivity contribution is 6.76. The van der Waals surface area contributed by atoms with Gasteiger partial charge in [0.05, 0.1) is 75.2 Å². The third-order valence-electron chi connectivity index (χ3n) is 7.70. The Kier molecular flexibility index (Phi) is 14.1. The number of anilines is 2. The van der Waals surface area contributed by atoms with Crippen LogP contribution in [0.1, 0.15) is 28.4 Å². The lowest BCUT2D eigenvalue weighted by atomic mass is 10.2. The Morgan fingerprint density at radius 2 is 1.44 bits per heavy atom. The minimum Gasteiger partial charge on any atom is -0.464 e. The van der Waals surface area contributed by atoms with Crippen LogP contribution in [0.5, 0.6) is 0 Å². The third kappa shape index (κ3) is 9.41. The highest BCUT2D eigenvalue weighted by Gasteiger charge is 2.22. The number of rotatable bonds is 9. The number of fused-ring (bicyclic) bond motifs is 2. The topological polar surface area (TPSA) is 159 Å². The Balaban J connectivity index is 0.000000263. The van der Waals surface area contributed by atoms with Crippen LogP contribution in [-0.4, -0.2) is 123 Å². The van der Waals surface area contributed by atoms with Gasteiger partial charge in [0.1, 0.15) is 6.73 Å². The van der Waals surface area contributed by atoms with Crippen LogP contribution >= 0.6 is 12.4 Å². The fourth-order valence-electron chi connectivity index (χ4n) is 5.05. The van der Waals surface area contributed by atoms with E-state index in [9.17, 15) is 9.59 Å². The number of methoxy groups -OCH3 is 2. The lowest BCUT2D eigenvalue weighted by molar-refractivity contribution is 0.0580. The summed E-state index contributed by atoms with van der Waals surface area (Å²) in [5.41, 5.74) is 3.65. The van der Waals surface area contributed by atoms with Crippen LogP contribution in [0.15, 0.2) is 24.5 Å². The van der Waals surface area contributed by atoms with Crippen LogP contribution in [0, 0.1) is 0 Å². The number of nitrogens with zero attached hydrogens (tertiary/aromatic N) is 7. The number of carbonyl (C=O) groups excluding carboxylic acids is 2. The number of H-pyrrole nitrogens is 1. The molecule has 4 aromatic rings. The van der Waals surface area contributed by atoms with Crippen LogP contribution in [0.2, 0.25) is 25.7 Å². The molecule has 0 atom stereocenters. The molecule has 6 heterocycles. The first kappa shape index (κ1) is 38.6. The molecule has 17 heteroatoms. The Bertz CT molecular complexity index is 1650. The Labute approximate surface area is 287 Å². The van der Waals surface area contributed by atoms with Gasteiger partial charge in [-0.2, -0.15) is 10.2 Å². The summed E-state index contributed by atoms with van der Waals surface area (Å²) in [5.74, 6) is -0.912. The van der Waals surface area contributed by atoms with E-state index in [0.29, 0.717) is 60.8 Å². The summed E-state index contributed by atoms with van der Waals surface area (Å²) in [5, 5.41) is 12.4. The van der Waals surface area contributed by atoms with Gasteiger partial charge in [-0.15, -0.1) is 12.4 Å². The molecule has 15 nitrogen and oxygen atoms in total. The number of esters is 2. The Hall–Kier alpha value is -3.83. The predicted molar refractivity (Wildman–Crippen MR) is 188 cm³/mol. The van der Waals surface area contributed by atoms with Crippen molar-refractivity contribution in [2.75, 3.05) is 83.2 Å². The van der Waals surface area contributed by atoms with Gasteiger partial charge in [-0.05, 0) is 18.2 Å². The van der Waals surface area contributed by atoms with E-state index in [0.717, 1.165) is 43.6 Å². The molecule has 264 valence electrons. The van der Waals surface area contributed by atoms with Gasteiger partial charge >= 0.3 is 11.9 Å². The molecule has 0 aromatic carbocycles. The molecular formula is C31H47ClN8O7Si. The molecule has 0 amide bonds. The number of nitrogens with one attached hydrogen (secondary N) is 1. The van der Waals surface area contributed by atoms with Crippen molar-refractivity contribution in [2.24, 2.45) is 0 Å². The van der Waals surface area contributed by atoms with Crippen LogP contribution < -0.4 is 9.80 Å². The summed E-state index contributed by atoms with van der Waals surface area (Å²) in [6, 6.07) is 4.93. The second kappa shape index (κ2) is 17.5. The number of hydrogen-bond donors (Lipinski definition) is 1. The maximum atomic E-state index is 12.2. The molecule has 0 bridgehead atoms. The molecule has 2 aliphatic heterocycles. The molecule has 4 aromatic heterocycles. The van der Waals surface area contributed by atoms with Gasteiger partial charge < -0.3 is 33.5 Å². The lowest BCUT2D eigenvalue weighted by Crippen LogP contribution is -2.36. The molecule has 48 heavy (non-hydrogen) atoms. The van der Waals surface area contributed by atoms with Crippen molar-refractivity contribution in [1.29, 1.82) is 0 Å². The van der Waals surface area contributed by atoms with Gasteiger partial charge in [0.2, 0.25) is 0 Å². The zero-order valence-corrected chi connectivity index (χ0v) is 29.3. The van der Waals surface area contributed by atoms with Crippen molar-refractivity contribution < 1.29 is 33.3 Å². The van der Waals surface area contributed by atoms with E-state index >= 15 is 0 Å². The Morgan fingerprint density at radius 1 is 0.875 bits per heavy atom. The van der Waals surface area contributed by atoms with Crippen LogP contribution in [-0.2, 0) is 30.4 Å². The summed E-state index contributed by atoms with van der Waals surface area (Å²) in [7, 11) is 1.55. The number of halogens is 1. The molecule has 0 spiro atoms. The van der Waals surface area contributed by atoms with E-state index in [1.54, 1.807) is 10.9 Å². The zero-order chi connectivity index (χ0) is 32.7. The van der Waals surface area contributed by atoms with Crippen molar-refractivity contribution in [1.82, 2.24) is 29.9 Å². The fourth-order valence-corrected chi connectivity index (χ4v) is 5.81. The number of aromatic nitrogens is 6. The van der Waals surface area contributed by atoms with Gasteiger partial charge in [-0.25, -0.2) is 24.2 Å². The molecule has 2 aliphatic rings. The molecule has 1 N–H and O–H groups in total. The molecule has 6 rings (SSSR count). The van der Waals surface area contributed by atoms with Gasteiger partial charge in [0.15, 0.2) is 22.7 Å². The lowest BCUT2D eigenvalue weighted by Gasteiger charge is -2.28. The molecule has 2 fully saturated rings. The molecule has 2 saturated heterocycles. The summed E-state index contributed by atoms with van der Waals surface area (Å²) in [4.78, 5) is 37.0. The largest absolute Gasteiger partial charge is 0.464 e. The average molecular weight is 707 g/mol. The highest BCUT2D eigenvalue weighted by atomic mass is 35.5. The van der Waals surface area contributed by atoms with Crippen molar-refractivity contribution in [3.63, 3.8) is 0 Å². The molecule has 0 saturated carbocycles. The SMILES string of the molecule is C.COC(=O)c1[nH]nc2ncc(N3CCOCC3)cc12.COC(=O)c1nn(COCC[Si](C)(C)C)c2ncc(N3CCOCC3)cc12.Cl. The first-order valence-electron chi connectivity index (χ1n) is 15.3. The second-order valence-electron chi connectivity index (χ2n) is 12.1. The van der Waals surface area contributed by atoms with Gasteiger partial charge in [-0.1, -0.05) is 27.1 Å². The monoisotopic (exact) mass is 706 g/mol. The first-order valence-corrected chi connectivity index (χ1v) is 19.0. The summed E-state index contributed by atoms with van der Waals surface area (Å²) in [6.45, 7) is 13.9. The number of ether oxygens (including phenoxy) is 5. The number of morpholine rings is 2. The molecule has 0 aliphatic carbocycles. The molecular weight excluding hydrogens is 660 g/mol. The van der Waals surface area contributed by atoms with Gasteiger partial charge in [0, 0.05) is 40.9 Å². The zero-order valence-electron chi connectivity index (χ0n) is 27.5. The minimum atomic E-state index is -1.15. The van der Waals surface area contributed by atoms with Crippen LogP contribution in [0.25, 0.3) is 22.1 Å². The van der Waals surface area contributed by atoms with Gasteiger partial charge in [0.25, 0.3) is 0 Å². The van der Waals surface area contributed by atoms with E-state index in [1.807, 2.05) is 18.3 Å². The minimum absolute atomic E-state index is 0.